The standard InChI is InChI=1S/C4H5I2/c1-2-4(6)3-5/h2-3H,1H3. The molecule has 0 heterocycles. The van der Waals surface area contributed by atoms with Crippen LogP contribution in [0.3, 0.4) is 0 Å². The average molecular weight is 307 g/mol. The smallest absolute Gasteiger partial charge is 0.0576 e. The van der Waals surface area contributed by atoms with E-state index in [1.165, 1.54) is 3.58 Å². The Morgan fingerprint density at radius 2 is 2.17 bits per heavy atom. The molecular weight excluding hydrogens is 302 g/mol. The Bertz CT molecular complexity index is 56.6. The monoisotopic (exact) mass is 307 g/mol. The van der Waals surface area contributed by atoms with E-state index < -0.39 is 0 Å². The van der Waals surface area contributed by atoms with Crippen LogP contribution in [0.15, 0.2) is 9.66 Å². The van der Waals surface area contributed by atoms with Crippen LogP contribution < -0.4 is 0 Å². The molecule has 0 saturated carbocycles. The molecule has 0 bridgehead atoms. The first-order valence-corrected chi connectivity index (χ1v) is 3.89. The molecule has 0 aliphatic heterocycles. The summed E-state index contributed by atoms with van der Waals surface area (Å²) in [4.78, 5) is 0. The van der Waals surface area contributed by atoms with Crippen LogP contribution in [-0.4, -0.2) is 0 Å². The van der Waals surface area contributed by atoms with Crippen molar-refractivity contribution < 1.29 is 0 Å². The molecule has 35 valence electrons. The van der Waals surface area contributed by atoms with Gasteiger partial charge in [0.2, 0.25) is 0 Å². The molecule has 0 aliphatic rings. The summed E-state index contributed by atoms with van der Waals surface area (Å²) >= 11 is 4.48. The molecule has 0 aromatic carbocycles. The minimum atomic E-state index is 1.30. The third-order valence-corrected chi connectivity index (χ3v) is 3.18. The van der Waals surface area contributed by atoms with Crippen molar-refractivity contribution in [2.45, 2.75) is 6.92 Å². The highest BCUT2D eigenvalue weighted by atomic mass is 127. The minimum Gasteiger partial charge on any atom is -0.0772 e. The van der Waals surface area contributed by atoms with Crippen molar-refractivity contribution in [3.8, 4) is 0 Å². The topological polar surface area (TPSA) is 0 Å². The van der Waals surface area contributed by atoms with Crippen molar-refractivity contribution in [3.05, 3.63) is 14.1 Å². The van der Waals surface area contributed by atoms with E-state index in [-0.39, 0.29) is 0 Å². The molecule has 6 heavy (non-hydrogen) atoms. The Balaban J connectivity index is 3.22. The summed E-state index contributed by atoms with van der Waals surface area (Å²) < 4.78 is 3.34. The molecule has 0 atom stereocenters. The second-order valence-electron chi connectivity index (χ2n) is 0.783. The van der Waals surface area contributed by atoms with Gasteiger partial charge < -0.3 is 0 Å². The Kier molecular flexibility index (Phi) is 5.23. The molecule has 1 radical (unpaired) electrons. The summed E-state index contributed by atoms with van der Waals surface area (Å²) in [7, 11) is 0. The lowest BCUT2D eigenvalue weighted by Crippen LogP contribution is -1.54. The quantitative estimate of drug-likeness (QED) is 0.654. The molecule has 0 unspecified atom stereocenters. The van der Waals surface area contributed by atoms with Crippen LogP contribution in [-0.2, 0) is 0 Å². The molecule has 0 aromatic rings. The summed E-state index contributed by atoms with van der Waals surface area (Å²) in [6, 6.07) is 0. The molecule has 0 aliphatic carbocycles. The van der Waals surface area contributed by atoms with Gasteiger partial charge >= 0.3 is 0 Å². The Morgan fingerprint density at radius 3 is 2.17 bits per heavy atom. The fourth-order valence-corrected chi connectivity index (χ4v) is 0.423. The lowest BCUT2D eigenvalue weighted by Gasteiger charge is -1.79. The van der Waals surface area contributed by atoms with Crippen molar-refractivity contribution in [2.75, 3.05) is 0 Å². The number of hydrogen-bond donors (Lipinski definition) is 0. The van der Waals surface area contributed by atoms with Crippen molar-refractivity contribution >= 4 is 45.2 Å². The van der Waals surface area contributed by atoms with E-state index >= 15 is 0 Å². The first-order valence-electron chi connectivity index (χ1n) is 1.56. The van der Waals surface area contributed by atoms with Gasteiger partial charge in [-0.25, -0.2) is 0 Å². The van der Waals surface area contributed by atoms with Crippen molar-refractivity contribution in [2.24, 2.45) is 0 Å². The van der Waals surface area contributed by atoms with Crippen LogP contribution in [0.4, 0.5) is 0 Å². The molecule has 0 aromatic heterocycles. The van der Waals surface area contributed by atoms with E-state index in [2.05, 4.69) is 51.3 Å². The lowest BCUT2D eigenvalue weighted by molar-refractivity contribution is 1.73. The maximum absolute atomic E-state index is 2.27. The van der Waals surface area contributed by atoms with Crippen LogP contribution in [0.5, 0.6) is 0 Å². The van der Waals surface area contributed by atoms with Gasteiger partial charge in [-0.05, 0) is 29.5 Å². The molecule has 0 nitrogen and oxygen atoms in total. The normalized spacial score (nSPS) is 12.2. The highest BCUT2D eigenvalue weighted by Gasteiger charge is 1.78. The van der Waals surface area contributed by atoms with Gasteiger partial charge in [0, 0.05) is 3.58 Å². The summed E-state index contributed by atoms with van der Waals surface area (Å²) in [5, 5.41) is 0. The maximum atomic E-state index is 2.27. The fourth-order valence-electron chi connectivity index (χ4n) is 0.0630. The van der Waals surface area contributed by atoms with Crippen molar-refractivity contribution in [1.29, 1.82) is 0 Å². The fraction of sp³-hybridized carbons (Fsp3) is 0.250. The summed E-state index contributed by atoms with van der Waals surface area (Å²) in [5.74, 6) is 0. The highest BCUT2D eigenvalue weighted by Crippen LogP contribution is 2.12. The molecule has 0 N–H and O–H groups in total. The lowest BCUT2D eigenvalue weighted by atomic mass is 10.6. The van der Waals surface area contributed by atoms with Gasteiger partial charge in [-0.3, -0.25) is 0 Å². The summed E-state index contributed by atoms with van der Waals surface area (Å²) in [6.07, 6.45) is 2.06. The highest BCUT2D eigenvalue weighted by molar-refractivity contribution is 14.1. The SMILES string of the molecule is CC=C(I)[CH]I. The molecule has 0 fully saturated rings. The second kappa shape index (κ2) is 4.36. The summed E-state index contributed by atoms with van der Waals surface area (Å²) in [5.41, 5.74) is 0. The third-order valence-electron chi connectivity index (χ3n) is 0.380. The number of halogens is 2. The number of hydrogen-bond acceptors (Lipinski definition) is 0. The number of rotatable bonds is 1. The zero-order valence-corrected chi connectivity index (χ0v) is 7.73. The van der Waals surface area contributed by atoms with Gasteiger partial charge in [0.1, 0.15) is 0 Å². The Hall–Kier alpha value is 1.20. The van der Waals surface area contributed by atoms with E-state index in [0.29, 0.717) is 0 Å². The first-order chi connectivity index (χ1) is 2.81. The van der Waals surface area contributed by atoms with E-state index in [1.807, 2.05) is 11.4 Å². The third kappa shape index (κ3) is 3.39. The van der Waals surface area contributed by atoms with E-state index in [4.69, 9.17) is 0 Å². The predicted octanol–water partition coefficient (Wildman–Crippen LogP) is 2.92. The molecule has 0 rings (SSSR count). The van der Waals surface area contributed by atoms with Crippen LogP contribution in [0.1, 0.15) is 6.92 Å². The first kappa shape index (κ1) is 7.20. The second-order valence-corrected chi connectivity index (χ2v) is 2.65. The van der Waals surface area contributed by atoms with Crippen LogP contribution in [0.25, 0.3) is 0 Å². The van der Waals surface area contributed by atoms with Crippen molar-refractivity contribution in [3.63, 3.8) is 0 Å². The predicted molar refractivity (Wildman–Crippen MR) is 46.1 cm³/mol. The van der Waals surface area contributed by atoms with Gasteiger partial charge in [0.15, 0.2) is 0 Å². The maximum Gasteiger partial charge on any atom is 0.0576 e. The van der Waals surface area contributed by atoms with Gasteiger partial charge in [-0.1, -0.05) is 28.7 Å². The van der Waals surface area contributed by atoms with E-state index in [0.717, 1.165) is 0 Å². The summed E-state index contributed by atoms with van der Waals surface area (Å²) in [6.45, 7) is 2.02. The Morgan fingerprint density at radius 1 is 1.67 bits per heavy atom. The molecule has 0 amide bonds. The van der Waals surface area contributed by atoms with Crippen molar-refractivity contribution in [1.82, 2.24) is 0 Å². The van der Waals surface area contributed by atoms with Gasteiger partial charge in [0.25, 0.3) is 0 Å². The molecule has 0 saturated heterocycles. The number of allylic oxidation sites excluding steroid dienone is 2. The minimum absolute atomic E-state index is 1.30. The zero-order valence-electron chi connectivity index (χ0n) is 3.41. The largest absolute Gasteiger partial charge is 0.0772 e. The van der Waals surface area contributed by atoms with Crippen LogP contribution >= 0.6 is 45.2 Å². The average Bonchev–Trinajstić information content (AvgIpc) is 1.65. The molecule has 0 spiro atoms. The van der Waals surface area contributed by atoms with E-state index in [9.17, 15) is 0 Å². The van der Waals surface area contributed by atoms with E-state index in [1.54, 1.807) is 0 Å². The van der Waals surface area contributed by atoms with Crippen LogP contribution in [0.2, 0.25) is 0 Å². The zero-order chi connectivity index (χ0) is 4.99. The molecular formula is C4H5I2. The molecule has 2 heteroatoms. The van der Waals surface area contributed by atoms with Crippen LogP contribution in [0, 0.1) is 4.43 Å². The van der Waals surface area contributed by atoms with Gasteiger partial charge in [-0.2, -0.15) is 0 Å². The van der Waals surface area contributed by atoms with Gasteiger partial charge in [0.05, 0.1) is 4.43 Å². The van der Waals surface area contributed by atoms with Gasteiger partial charge in [-0.15, -0.1) is 0 Å². The Labute approximate surface area is 65.7 Å².